The number of imide groups is 1. The summed E-state index contributed by atoms with van der Waals surface area (Å²) >= 11 is 0. The van der Waals surface area contributed by atoms with Gasteiger partial charge >= 0.3 is 6.03 Å². The third-order valence-electron chi connectivity index (χ3n) is 5.40. The first-order valence-electron chi connectivity index (χ1n) is 8.64. The largest absolute Gasteiger partial charge is 0.379 e. The average Bonchev–Trinajstić information content (AvgIpc) is 3.14. The van der Waals surface area contributed by atoms with Crippen LogP contribution in [-0.2, 0) is 27.9 Å². The zero-order valence-electron chi connectivity index (χ0n) is 14.0. The van der Waals surface area contributed by atoms with Crippen LogP contribution in [-0.4, -0.2) is 54.7 Å². The summed E-state index contributed by atoms with van der Waals surface area (Å²) in [7, 11) is 0. The van der Waals surface area contributed by atoms with Gasteiger partial charge in [-0.05, 0) is 42.9 Å². The van der Waals surface area contributed by atoms with Crippen LogP contribution in [0.15, 0.2) is 18.2 Å². The molecule has 1 N–H and O–H groups in total. The summed E-state index contributed by atoms with van der Waals surface area (Å²) in [6.45, 7) is 4.91. The van der Waals surface area contributed by atoms with E-state index in [1.807, 2.05) is 13.0 Å². The topological polar surface area (TPSA) is 61.9 Å². The molecule has 0 bridgehead atoms. The first kappa shape index (κ1) is 15.6. The van der Waals surface area contributed by atoms with Crippen molar-refractivity contribution in [1.82, 2.24) is 15.1 Å². The molecule has 0 unspecified atom stereocenters. The Morgan fingerprint density at radius 1 is 1.17 bits per heavy atom. The van der Waals surface area contributed by atoms with Crippen LogP contribution in [0.1, 0.15) is 30.0 Å². The number of carbonyl (C=O) groups is 2. The molecule has 6 nitrogen and oxygen atoms in total. The van der Waals surface area contributed by atoms with E-state index in [2.05, 4.69) is 22.3 Å². The number of nitrogens with zero attached hydrogens (tertiary/aromatic N) is 2. The highest BCUT2D eigenvalue weighted by molar-refractivity contribution is 6.07. The maximum absolute atomic E-state index is 13.0. The molecule has 3 amide bonds. The summed E-state index contributed by atoms with van der Waals surface area (Å²) in [5.74, 6) is -0.170. The van der Waals surface area contributed by atoms with Crippen molar-refractivity contribution in [1.29, 1.82) is 0 Å². The summed E-state index contributed by atoms with van der Waals surface area (Å²) in [5, 5.41) is 2.91. The van der Waals surface area contributed by atoms with Crippen molar-refractivity contribution in [3.63, 3.8) is 0 Å². The van der Waals surface area contributed by atoms with Crippen LogP contribution in [0, 0.1) is 0 Å². The number of hydrogen-bond donors (Lipinski definition) is 1. The van der Waals surface area contributed by atoms with Gasteiger partial charge in [-0.3, -0.25) is 9.69 Å². The summed E-state index contributed by atoms with van der Waals surface area (Å²) in [4.78, 5) is 28.8. The fraction of sp³-hybridized carbons (Fsp3) is 0.556. The average molecular weight is 329 g/mol. The zero-order valence-corrected chi connectivity index (χ0v) is 14.0. The van der Waals surface area contributed by atoms with E-state index in [9.17, 15) is 9.59 Å². The monoisotopic (exact) mass is 329 g/mol. The Bertz CT molecular complexity index is 684. The van der Waals surface area contributed by atoms with Crippen molar-refractivity contribution in [2.24, 2.45) is 0 Å². The first-order valence-corrected chi connectivity index (χ1v) is 8.64. The molecule has 1 aliphatic carbocycles. The van der Waals surface area contributed by atoms with E-state index in [0.29, 0.717) is 19.9 Å². The first-order chi connectivity index (χ1) is 11.6. The summed E-state index contributed by atoms with van der Waals surface area (Å²) < 4.78 is 5.33. The van der Waals surface area contributed by atoms with Gasteiger partial charge < -0.3 is 10.1 Å². The fourth-order valence-corrected chi connectivity index (χ4v) is 3.85. The van der Waals surface area contributed by atoms with Gasteiger partial charge in [0, 0.05) is 13.1 Å². The number of fused-ring (bicyclic) bond motifs is 1. The van der Waals surface area contributed by atoms with Crippen molar-refractivity contribution in [2.75, 3.05) is 33.0 Å². The maximum Gasteiger partial charge on any atom is 0.326 e. The van der Waals surface area contributed by atoms with Crippen LogP contribution in [0.4, 0.5) is 4.79 Å². The SMILES string of the molecule is C[C@]1(c2ccc3c(c2)CCC3)NC(=O)N(CN2CCOCC2)C1=O. The molecular weight excluding hydrogens is 306 g/mol. The normalized spacial score (nSPS) is 27.5. The van der Waals surface area contributed by atoms with Crippen molar-refractivity contribution in [3.05, 3.63) is 34.9 Å². The van der Waals surface area contributed by atoms with Crippen molar-refractivity contribution < 1.29 is 14.3 Å². The van der Waals surface area contributed by atoms with Gasteiger partial charge in [0.15, 0.2) is 0 Å². The minimum atomic E-state index is -0.971. The lowest BCUT2D eigenvalue weighted by molar-refractivity contribution is -0.133. The summed E-state index contributed by atoms with van der Waals surface area (Å²) in [6.07, 6.45) is 3.33. The highest BCUT2D eigenvalue weighted by Gasteiger charge is 2.49. The number of ether oxygens (including phenoxy) is 1. The van der Waals surface area contributed by atoms with E-state index in [4.69, 9.17) is 4.74 Å². The standard InChI is InChI=1S/C18H23N3O3/c1-18(15-6-5-13-3-2-4-14(13)11-15)16(22)21(17(23)19-18)12-20-7-9-24-10-8-20/h5-6,11H,2-4,7-10,12H2,1H3,(H,19,23)/t18-/m1/s1. The van der Waals surface area contributed by atoms with E-state index in [0.717, 1.165) is 31.5 Å². The Balaban J connectivity index is 1.57. The lowest BCUT2D eigenvalue weighted by atomic mass is 9.90. The molecule has 2 fully saturated rings. The third kappa shape index (κ3) is 2.50. The number of rotatable bonds is 3. The molecule has 4 rings (SSSR count). The lowest BCUT2D eigenvalue weighted by Crippen LogP contribution is -2.47. The molecular formula is C18H23N3O3. The number of hydrogen-bond acceptors (Lipinski definition) is 4. The van der Waals surface area contributed by atoms with E-state index in [1.54, 1.807) is 0 Å². The van der Waals surface area contributed by atoms with E-state index >= 15 is 0 Å². The van der Waals surface area contributed by atoms with Crippen LogP contribution >= 0.6 is 0 Å². The van der Waals surface area contributed by atoms with Gasteiger partial charge in [-0.25, -0.2) is 9.69 Å². The molecule has 0 saturated carbocycles. The molecule has 0 aromatic heterocycles. The molecule has 0 spiro atoms. The van der Waals surface area contributed by atoms with Crippen molar-refractivity contribution >= 4 is 11.9 Å². The predicted molar refractivity (Wildman–Crippen MR) is 88.5 cm³/mol. The predicted octanol–water partition coefficient (Wildman–Crippen LogP) is 1.23. The number of amides is 3. The second kappa shape index (κ2) is 5.86. The number of urea groups is 1. The van der Waals surface area contributed by atoms with E-state index in [-0.39, 0.29) is 11.9 Å². The Labute approximate surface area is 141 Å². The highest BCUT2D eigenvalue weighted by Crippen LogP contribution is 2.32. The molecule has 2 saturated heterocycles. The Morgan fingerprint density at radius 3 is 2.71 bits per heavy atom. The molecule has 0 radical (unpaired) electrons. The maximum atomic E-state index is 13.0. The summed E-state index contributed by atoms with van der Waals surface area (Å²) in [6, 6.07) is 5.88. The molecule has 24 heavy (non-hydrogen) atoms. The molecule has 1 aromatic rings. The smallest absolute Gasteiger partial charge is 0.326 e. The lowest BCUT2D eigenvalue weighted by Gasteiger charge is -2.30. The van der Waals surface area contributed by atoms with E-state index in [1.165, 1.54) is 22.4 Å². The van der Waals surface area contributed by atoms with Crippen LogP contribution in [0.25, 0.3) is 0 Å². The highest BCUT2D eigenvalue weighted by atomic mass is 16.5. The third-order valence-corrected chi connectivity index (χ3v) is 5.40. The van der Waals surface area contributed by atoms with Crippen molar-refractivity contribution in [2.45, 2.75) is 31.7 Å². The molecule has 2 heterocycles. The number of aryl methyl sites for hydroxylation is 2. The second-order valence-corrected chi connectivity index (χ2v) is 7.00. The Hall–Kier alpha value is -1.92. The van der Waals surface area contributed by atoms with Crippen LogP contribution in [0.5, 0.6) is 0 Å². The van der Waals surface area contributed by atoms with E-state index < -0.39 is 5.54 Å². The minimum absolute atomic E-state index is 0.170. The summed E-state index contributed by atoms with van der Waals surface area (Å²) in [5.41, 5.74) is 2.58. The Kier molecular flexibility index (Phi) is 3.81. The fourth-order valence-electron chi connectivity index (χ4n) is 3.85. The van der Waals surface area contributed by atoms with Crippen molar-refractivity contribution in [3.8, 4) is 0 Å². The van der Waals surface area contributed by atoms with Crippen LogP contribution in [0.3, 0.4) is 0 Å². The minimum Gasteiger partial charge on any atom is -0.379 e. The van der Waals surface area contributed by atoms with Gasteiger partial charge in [-0.1, -0.05) is 18.2 Å². The van der Waals surface area contributed by atoms with Crippen LogP contribution in [0.2, 0.25) is 0 Å². The molecule has 6 heteroatoms. The van der Waals surface area contributed by atoms with Gasteiger partial charge in [0.2, 0.25) is 0 Å². The Morgan fingerprint density at radius 2 is 1.92 bits per heavy atom. The van der Waals surface area contributed by atoms with Crippen LogP contribution < -0.4 is 5.32 Å². The number of benzene rings is 1. The zero-order chi connectivity index (χ0) is 16.7. The molecule has 2 aliphatic heterocycles. The second-order valence-electron chi connectivity index (χ2n) is 7.00. The number of carbonyl (C=O) groups excluding carboxylic acids is 2. The number of morpholine rings is 1. The molecule has 1 aromatic carbocycles. The van der Waals surface area contributed by atoms with Gasteiger partial charge in [0.25, 0.3) is 5.91 Å². The molecule has 1 atom stereocenters. The van der Waals surface area contributed by atoms with Gasteiger partial charge in [-0.15, -0.1) is 0 Å². The quantitative estimate of drug-likeness (QED) is 0.848. The molecule has 128 valence electrons. The van der Waals surface area contributed by atoms with Gasteiger partial charge in [-0.2, -0.15) is 0 Å². The number of nitrogens with one attached hydrogen (secondary N) is 1. The van der Waals surface area contributed by atoms with Gasteiger partial charge in [0.05, 0.1) is 19.9 Å². The molecule has 3 aliphatic rings. The van der Waals surface area contributed by atoms with Gasteiger partial charge in [0.1, 0.15) is 5.54 Å².